The van der Waals surface area contributed by atoms with Crippen LogP contribution in [-0.2, 0) is 0 Å². The van der Waals surface area contributed by atoms with Crippen LogP contribution in [0.5, 0.6) is 0 Å². The van der Waals surface area contributed by atoms with Gasteiger partial charge in [-0.3, -0.25) is 4.79 Å². The van der Waals surface area contributed by atoms with Crippen molar-refractivity contribution in [1.29, 1.82) is 0 Å². The molecule has 1 aliphatic heterocycles. The van der Waals surface area contributed by atoms with Crippen molar-refractivity contribution in [3.05, 3.63) is 29.8 Å². The van der Waals surface area contributed by atoms with Crippen LogP contribution in [0.25, 0.3) is 0 Å². The molecule has 17 heavy (non-hydrogen) atoms. The second-order valence-corrected chi connectivity index (χ2v) is 4.45. The van der Waals surface area contributed by atoms with Crippen LogP contribution in [0.3, 0.4) is 0 Å². The van der Waals surface area contributed by atoms with E-state index in [1.807, 2.05) is 18.2 Å². The molecule has 4 N–H and O–H groups in total. The number of hydrogen-bond acceptors (Lipinski definition) is 3. The minimum absolute atomic E-state index is 0.373. The summed E-state index contributed by atoms with van der Waals surface area (Å²) in [7, 11) is 0. The second kappa shape index (κ2) is 5.68. The van der Waals surface area contributed by atoms with Gasteiger partial charge >= 0.3 is 0 Å². The van der Waals surface area contributed by atoms with Crippen molar-refractivity contribution in [2.45, 2.75) is 25.3 Å². The number of nitrogens with two attached hydrogens (primary N) is 1. The Balaban J connectivity index is 2.09. The molecular formula is C13H19N3O. The average molecular weight is 233 g/mol. The van der Waals surface area contributed by atoms with E-state index >= 15 is 0 Å². The first kappa shape index (κ1) is 11.9. The van der Waals surface area contributed by atoms with E-state index in [1.165, 1.54) is 12.8 Å². The number of anilines is 1. The first-order chi connectivity index (χ1) is 8.27. The maximum Gasteiger partial charge on any atom is 0.250 e. The van der Waals surface area contributed by atoms with Crippen molar-refractivity contribution in [2.75, 3.05) is 18.4 Å². The molecule has 0 saturated carbocycles. The molecule has 0 aromatic heterocycles. The fraction of sp³-hybridized carbons (Fsp3) is 0.462. The van der Waals surface area contributed by atoms with Crippen molar-refractivity contribution in [1.82, 2.24) is 5.32 Å². The predicted octanol–water partition coefficient (Wildman–Crippen LogP) is 1.34. The molecule has 0 bridgehead atoms. The molecule has 0 aliphatic carbocycles. The Morgan fingerprint density at radius 3 is 3.00 bits per heavy atom. The Morgan fingerprint density at radius 1 is 1.35 bits per heavy atom. The van der Waals surface area contributed by atoms with Gasteiger partial charge in [-0.15, -0.1) is 0 Å². The van der Waals surface area contributed by atoms with E-state index in [9.17, 15) is 4.79 Å². The molecule has 1 saturated heterocycles. The summed E-state index contributed by atoms with van der Waals surface area (Å²) in [6.45, 7) is 2.02. The Bertz CT molecular complexity index is 384. The molecule has 92 valence electrons. The number of nitrogens with one attached hydrogen (secondary N) is 2. The van der Waals surface area contributed by atoms with Gasteiger partial charge in [-0.2, -0.15) is 0 Å². The van der Waals surface area contributed by atoms with Gasteiger partial charge in [-0.05, 0) is 31.5 Å². The molecule has 0 radical (unpaired) electrons. The smallest absolute Gasteiger partial charge is 0.250 e. The van der Waals surface area contributed by atoms with Gasteiger partial charge in [0.2, 0.25) is 0 Å². The van der Waals surface area contributed by atoms with Gasteiger partial charge in [0, 0.05) is 18.3 Å². The maximum atomic E-state index is 11.3. The number of rotatable bonds is 3. The number of carbonyl (C=O) groups is 1. The Kier molecular flexibility index (Phi) is 3.98. The molecule has 1 aromatic carbocycles. The van der Waals surface area contributed by atoms with E-state index < -0.39 is 0 Å². The number of carbonyl (C=O) groups excluding carboxylic acids is 1. The molecule has 0 spiro atoms. The number of primary amides is 1. The van der Waals surface area contributed by atoms with Crippen molar-refractivity contribution >= 4 is 11.6 Å². The third-order valence-corrected chi connectivity index (χ3v) is 3.10. The number of amides is 1. The van der Waals surface area contributed by atoms with E-state index in [0.29, 0.717) is 11.6 Å². The summed E-state index contributed by atoms with van der Waals surface area (Å²) in [6.07, 6.45) is 3.55. The van der Waals surface area contributed by atoms with Gasteiger partial charge in [-0.25, -0.2) is 0 Å². The lowest BCUT2D eigenvalue weighted by atomic mass is 10.1. The Labute approximate surface area is 102 Å². The fourth-order valence-electron chi connectivity index (χ4n) is 2.19. The molecule has 1 aliphatic rings. The summed E-state index contributed by atoms with van der Waals surface area (Å²) < 4.78 is 0. The highest BCUT2D eigenvalue weighted by Gasteiger charge is 2.14. The zero-order chi connectivity index (χ0) is 12.1. The minimum atomic E-state index is -0.380. The van der Waals surface area contributed by atoms with Gasteiger partial charge in [0.15, 0.2) is 0 Å². The van der Waals surface area contributed by atoms with E-state index in [4.69, 9.17) is 5.73 Å². The molecule has 1 atom stereocenters. The largest absolute Gasteiger partial charge is 0.380 e. The zero-order valence-corrected chi connectivity index (χ0v) is 9.91. The minimum Gasteiger partial charge on any atom is -0.380 e. The normalized spacial score (nSPS) is 20.6. The number of para-hydroxylation sites is 1. The molecule has 2 rings (SSSR count). The Hall–Kier alpha value is -1.55. The summed E-state index contributed by atoms with van der Waals surface area (Å²) in [5.74, 6) is -0.380. The van der Waals surface area contributed by atoms with Crippen molar-refractivity contribution < 1.29 is 4.79 Å². The summed E-state index contributed by atoms with van der Waals surface area (Å²) >= 11 is 0. The lowest BCUT2D eigenvalue weighted by molar-refractivity contribution is 0.100. The lowest BCUT2D eigenvalue weighted by Crippen LogP contribution is -2.31. The summed E-state index contributed by atoms with van der Waals surface area (Å²) in [5, 5.41) is 6.80. The highest BCUT2D eigenvalue weighted by Crippen LogP contribution is 2.17. The lowest BCUT2D eigenvalue weighted by Gasteiger charge is -2.19. The van der Waals surface area contributed by atoms with Gasteiger partial charge in [0.25, 0.3) is 5.91 Å². The third kappa shape index (κ3) is 3.20. The fourth-order valence-corrected chi connectivity index (χ4v) is 2.19. The maximum absolute atomic E-state index is 11.3. The molecule has 4 heteroatoms. The van der Waals surface area contributed by atoms with Crippen LogP contribution in [-0.4, -0.2) is 25.0 Å². The van der Waals surface area contributed by atoms with E-state index in [-0.39, 0.29) is 5.91 Å². The second-order valence-electron chi connectivity index (χ2n) is 4.45. The molecular weight excluding hydrogens is 214 g/mol. The topological polar surface area (TPSA) is 67.2 Å². The zero-order valence-electron chi connectivity index (χ0n) is 9.91. The monoisotopic (exact) mass is 233 g/mol. The van der Waals surface area contributed by atoms with E-state index in [1.54, 1.807) is 6.07 Å². The predicted molar refractivity (Wildman–Crippen MR) is 69.1 cm³/mol. The SMILES string of the molecule is NC(=O)c1ccccc1NC1CCCCNC1. The molecule has 1 aromatic rings. The van der Waals surface area contributed by atoms with Crippen LogP contribution < -0.4 is 16.4 Å². The third-order valence-electron chi connectivity index (χ3n) is 3.10. The van der Waals surface area contributed by atoms with Crippen LogP contribution in [0.4, 0.5) is 5.69 Å². The van der Waals surface area contributed by atoms with Gasteiger partial charge in [-0.1, -0.05) is 18.6 Å². The summed E-state index contributed by atoms with van der Waals surface area (Å²) in [6, 6.07) is 7.79. The van der Waals surface area contributed by atoms with Gasteiger partial charge < -0.3 is 16.4 Å². The van der Waals surface area contributed by atoms with Crippen LogP contribution >= 0.6 is 0 Å². The molecule has 1 heterocycles. The van der Waals surface area contributed by atoms with Gasteiger partial charge in [0.1, 0.15) is 0 Å². The van der Waals surface area contributed by atoms with Crippen LogP contribution in [0.1, 0.15) is 29.6 Å². The molecule has 1 unspecified atom stereocenters. The van der Waals surface area contributed by atoms with Crippen LogP contribution in [0.15, 0.2) is 24.3 Å². The van der Waals surface area contributed by atoms with Crippen LogP contribution in [0.2, 0.25) is 0 Å². The van der Waals surface area contributed by atoms with Crippen molar-refractivity contribution in [3.8, 4) is 0 Å². The Morgan fingerprint density at radius 2 is 2.18 bits per heavy atom. The quantitative estimate of drug-likeness (QED) is 0.738. The first-order valence-corrected chi connectivity index (χ1v) is 6.13. The first-order valence-electron chi connectivity index (χ1n) is 6.13. The number of hydrogen-bond donors (Lipinski definition) is 3. The molecule has 1 fully saturated rings. The van der Waals surface area contributed by atoms with E-state index in [2.05, 4.69) is 10.6 Å². The summed E-state index contributed by atoms with van der Waals surface area (Å²) in [4.78, 5) is 11.3. The van der Waals surface area contributed by atoms with E-state index in [0.717, 1.165) is 25.2 Å². The summed E-state index contributed by atoms with van der Waals surface area (Å²) in [5.41, 5.74) is 6.76. The molecule has 1 amide bonds. The highest BCUT2D eigenvalue weighted by atomic mass is 16.1. The molecule has 4 nitrogen and oxygen atoms in total. The average Bonchev–Trinajstić information content (AvgIpc) is 2.58. The van der Waals surface area contributed by atoms with Crippen molar-refractivity contribution in [3.63, 3.8) is 0 Å². The standard InChI is InChI=1S/C13H19N3O/c14-13(17)11-6-1-2-7-12(11)16-10-5-3-4-8-15-9-10/h1-2,6-7,10,15-16H,3-5,8-9H2,(H2,14,17). The number of benzene rings is 1. The van der Waals surface area contributed by atoms with Gasteiger partial charge in [0.05, 0.1) is 5.56 Å². The van der Waals surface area contributed by atoms with Crippen LogP contribution in [0, 0.1) is 0 Å². The van der Waals surface area contributed by atoms with Crippen molar-refractivity contribution in [2.24, 2.45) is 5.73 Å². The highest BCUT2D eigenvalue weighted by molar-refractivity contribution is 5.98.